The van der Waals surface area contributed by atoms with Gasteiger partial charge in [0.25, 0.3) is 0 Å². The van der Waals surface area contributed by atoms with Gasteiger partial charge in [0, 0.05) is 6.04 Å². The first-order valence-corrected chi connectivity index (χ1v) is 6.55. The second kappa shape index (κ2) is 5.16. The largest absolute Gasteiger partial charge is 0.317 e. The summed E-state index contributed by atoms with van der Waals surface area (Å²) in [6, 6.07) is 0.822. The maximum Gasteiger partial charge on any atom is 0.00668 e. The van der Waals surface area contributed by atoms with Crippen LogP contribution in [-0.4, -0.2) is 13.1 Å². The molecule has 82 valence electrons. The Morgan fingerprint density at radius 2 is 1.79 bits per heavy atom. The van der Waals surface area contributed by atoms with Crippen LogP contribution in [0.3, 0.4) is 0 Å². The Kier molecular flexibility index (Phi) is 3.86. The van der Waals surface area contributed by atoms with Crippen molar-refractivity contribution in [3.8, 4) is 0 Å². The van der Waals surface area contributed by atoms with Gasteiger partial charge in [0.05, 0.1) is 0 Å². The maximum absolute atomic E-state index is 3.50. The van der Waals surface area contributed by atoms with Crippen LogP contribution >= 0.6 is 0 Å². The standard InChI is InChI=1S/C13H25N/c1-14-13(10-12-6-7-12)9-8-11-4-2-3-5-11/h11-14H,2-10H2,1H3. The normalized spacial score (nSPS) is 25.5. The lowest BCUT2D eigenvalue weighted by Gasteiger charge is -2.17. The SMILES string of the molecule is CNC(CCC1CCCC1)CC1CC1. The van der Waals surface area contributed by atoms with Crippen molar-refractivity contribution >= 4 is 0 Å². The van der Waals surface area contributed by atoms with Crippen LogP contribution in [0.4, 0.5) is 0 Å². The van der Waals surface area contributed by atoms with Crippen molar-refractivity contribution in [1.82, 2.24) is 5.32 Å². The quantitative estimate of drug-likeness (QED) is 0.685. The van der Waals surface area contributed by atoms with Crippen molar-refractivity contribution in [2.24, 2.45) is 11.8 Å². The van der Waals surface area contributed by atoms with E-state index in [0.717, 1.165) is 17.9 Å². The van der Waals surface area contributed by atoms with Crippen LogP contribution in [0.25, 0.3) is 0 Å². The van der Waals surface area contributed by atoms with E-state index in [1.54, 1.807) is 0 Å². The van der Waals surface area contributed by atoms with Gasteiger partial charge in [0.2, 0.25) is 0 Å². The van der Waals surface area contributed by atoms with Gasteiger partial charge in [-0.15, -0.1) is 0 Å². The molecule has 0 bridgehead atoms. The zero-order valence-electron chi connectivity index (χ0n) is 9.60. The van der Waals surface area contributed by atoms with Crippen LogP contribution in [0, 0.1) is 11.8 Å². The summed E-state index contributed by atoms with van der Waals surface area (Å²) < 4.78 is 0. The summed E-state index contributed by atoms with van der Waals surface area (Å²) in [4.78, 5) is 0. The molecule has 0 saturated heterocycles. The fraction of sp³-hybridized carbons (Fsp3) is 1.00. The molecule has 2 fully saturated rings. The molecule has 0 aromatic heterocycles. The van der Waals surface area contributed by atoms with Gasteiger partial charge in [-0.05, 0) is 38.1 Å². The van der Waals surface area contributed by atoms with Gasteiger partial charge in [-0.3, -0.25) is 0 Å². The van der Waals surface area contributed by atoms with Gasteiger partial charge in [0.15, 0.2) is 0 Å². The van der Waals surface area contributed by atoms with Crippen molar-refractivity contribution in [2.45, 2.75) is 63.8 Å². The van der Waals surface area contributed by atoms with Crippen LogP contribution < -0.4 is 5.32 Å². The van der Waals surface area contributed by atoms with Crippen molar-refractivity contribution < 1.29 is 0 Å². The van der Waals surface area contributed by atoms with Gasteiger partial charge in [-0.1, -0.05) is 38.5 Å². The van der Waals surface area contributed by atoms with Crippen LogP contribution in [0.2, 0.25) is 0 Å². The molecule has 0 heterocycles. The summed E-state index contributed by atoms with van der Waals surface area (Å²) in [6.45, 7) is 0. The molecular formula is C13H25N. The lowest BCUT2D eigenvalue weighted by molar-refractivity contribution is 0.394. The Morgan fingerprint density at radius 1 is 1.07 bits per heavy atom. The number of rotatable bonds is 6. The molecule has 14 heavy (non-hydrogen) atoms. The summed E-state index contributed by atoms with van der Waals surface area (Å²) in [5, 5.41) is 3.50. The molecule has 2 rings (SSSR count). The highest BCUT2D eigenvalue weighted by Crippen LogP contribution is 2.35. The molecule has 1 atom stereocenters. The van der Waals surface area contributed by atoms with Crippen molar-refractivity contribution in [1.29, 1.82) is 0 Å². The average molecular weight is 195 g/mol. The smallest absolute Gasteiger partial charge is 0.00668 e. The fourth-order valence-corrected chi connectivity index (χ4v) is 2.87. The monoisotopic (exact) mass is 195 g/mol. The Bertz CT molecular complexity index is 157. The Balaban J connectivity index is 1.60. The van der Waals surface area contributed by atoms with E-state index in [-0.39, 0.29) is 0 Å². The molecule has 1 nitrogen and oxygen atoms in total. The van der Waals surface area contributed by atoms with E-state index in [2.05, 4.69) is 12.4 Å². The lowest BCUT2D eigenvalue weighted by atomic mass is 9.96. The zero-order valence-corrected chi connectivity index (χ0v) is 9.60. The van der Waals surface area contributed by atoms with E-state index in [9.17, 15) is 0 Å². The van der Waals surface area contributed by atoms with E-state index >= 15 is 0 Å². The van der Waals surface area contributed by atoms with Gasteiger partial charge in [-0.2, -0.15) is 0 Å². The highest BCUT2D eigenvalue weighted by Gasteiger charge is 2.25. The molecule has 2 saturated carbocycles. The third kappa shape index (κ3) is 3.27. The van der Waals surface area contributed by atoms with Crippen LogP contribution in [0.5, 0.6) is 0 Å². The second-order valence-corrected chi connectivity index (χ2v) is 5.39. The molecular weight excluding hydrogens is 170 g/mol. The first-order valence-electron chi connectivity index (χ1n) is 6.55. The topological polar surface area (TPSA) is 12.0 Å². The van der Waals surface area contributed by atoms with E-state index in [1.807, 2.05) is 0 Å². The van der Waals surface area contributed by atoms with Gasteiger partial charge < -0.3 is 5.32 Å². The number of hydrogen-bond acceptors (Lipinski definition) is 1. The minimum atomic E-state index is 0.822. The highest BCUT2D eigenvalue weighted by molar-refractivity contribution is 4.80. The predicted octanol–water partition coefficient (Wildman–Crippen LogP) is 3.34. The lowest BCUT2D eigenvalue weighted by Crippen LogP contribution is -2.26. The van der Waals surface area contributed by atoms with Gasteiger partial charge >= 0.3 is 0 Å². The third-order valence-electron chi connectivity index (χ3n) is 4.12. The van der Waals surface area contributed by atoms with Crippen molar-refractivity contribution in [2.75, 3.05) is 7.05 Å². The maximum atomic E-state index is 3.50. The van der Waals surface area contributed by atoms with E-state index in [0.29, 0.717) is 0 Å². The summed E-state index contributed by atoms with van der Waals surface area (Å²) in [5.41, 5.74) is 0. The second-order valence-electron chi connectivity index (χ2n) is 5.39. The molecule has 2 aliphatic carbocycles. The van der Waals surface area contributed by atoms with Crippen molar-refractivity contribution in [3.05, 3.63) is 0 Å². The molecule has 0 spiro atoms. The Morgan fingerprint density at radius 3 is 2.36 bits per heavy atom. The molecule has 0 radical (unpaired) electrons. The highest BCUT2D eigenvalue weighted by atomic mass is 14.9. The zero-order chi connectivity index (χ0) is 9.80. The van der Waals surface area contributed by atoms with Gasteiger partial charge in [0.1, 0.15) is 0 Å². The average Bonchev–Trinajstić information content (AvgIpc) is 2.86. The number of nitrogens with one attached hydrogen (secondary N) is 1. The summed E-state index contributed by atoms with van der Waals surface area (Å²) >= 11 is 0. The minimum Gasteiger partial charge on any atom is -0.317 e. The van der Waals surface area contributed by atoms with Crippen LogP contribution in [-0.2, 0) is 0 Å². The number of hydrogen-bond donors (Lipinski definition) is 1. The molecule has 0 aliphatic heterocycles. The van der Waals surface area contributed by atoms with Crippen LogP contribution in [0.1, 0.15) is 57.8 Å². The van der Waals surface area contributed by atoms with Gasteiger partial charge in [-0.25, -0.2) is 0 Å². The Hall–Kier alpha value is -0.0400. The fourth-order valence-electron chi connectivity index (χ4n) is 2.87. The van der Waals surface area contributed by atoms with E-state index in [1.165, 1.54) is 57.8 Å². The van der Waals surface area contributed by atoms with Crippen molar-refractivity contribution in [3.63, 3.8) is 0 Å². The molecule has 1 N–H and O–H groups in total. The molecule has 1 heteroatoms. The molecule has 0 aromatic carbocycles. The first-order chi connectivity index (χ1) is 6.88. The van der Waals surface area contributed by atoms with Crippen LogP contribution in [0.15, 0.2) is 0 Å². The summed E-state index contributed by atoms with van der Waals surface area (Å²) in [7, 11) is 2.14. The minimum absolute atomic E-state index is 0.822. The third-order valence-corrected chi connectivity index (χ3v) is 4.12. The predicted molar refractivity (Wildman–Crippen MR) is 61.4 cm³/mol. The molecule has 0 amide bonds. The summed E-state index contributed by atoms with van der Waals surface area (Å²) in [5.74, 6) is 2.15. The molecule has 2 aliphatic rings. The molecule has 0 aromatic rings. The summed E-state index contributed by atoms with van der Waals surface area (Å²) in [6.07, 6.45) is 13.4. The first kappa shape index (κ1) is 10.5. The van der Waals surface area contributed by atoms with E-state index < -0.39 is 0 Å². The molecule has 1 unspecified atom stereocenters. The van der Waals surface area contributed by atoms with E-state index in [4.69, 9.17) is 0 Å². The Labute approximate surface area is 88.7 Å².